The van der Waals surface area contributed by atoms with Crippen LogP contribution in [0.25, 0.3) is 0 Å². The van der Waals surface area contributed by atoms with Crippen molar-refractivity contribution < 1.29 is 4.89 Å². The first-order valence-electron chi connectivity index (χ1n) is 7.98. The van der Waals surface area contributed by atoms with Crippen LogP contribution in [-0.4, -0.2) is 4.89 Å². The molecule has 1 nitrogen and oxygen atoms in total. The van der Waals surface area contributed by atoms with Gasteiger partial charge in [-0.05, 0) is 29.2 Å². The fourth-order valence-electron chi connectivity index (χ4n) is 2.65. The lowest BCUT2D eigenvalue weighted by molar-refractivity contribution is 0.569. The van der Waals surface area contributed by atoms with Crippen molar-refractivity contribution in [3.8, 4) is 0 Å². The van der Waals surface area contributed by atoms with Crippen LogP contribution in [-0.2, 0) is 17.3 Å². The highest BCUT2D eigenvalue weighted by atomic mass is 35.9. The molecule has 0 heterocycles. The van der Waals surface area contributed by atoms with Crippen molar-refractivity contribution in [1.82, 2.24) is 0 Å². The fourth-order valence-corrected chi connectivity index (χ4v) is 5.12. The van der Waals surface area contributed by atoms with Gasteiger partial charge in [0, 0.05) is 11.1 Å². The smallest absolute Gasteiger partial charge is 0.210 e. The first-order valence-corrected chi connectivity index (χ1v) is 11.5. The summed E-state index contributed by atoms with van der Waals surface area (Å²) in [4.78, 5) is 10.5. The number of halogens is 2. The molecular weight excluding hydrogens is 334 g/mol. The summed E-state index contributed by atoms with van der Waals surface area (Å²) in [6.07, 6.45) is 0.235. The largest absolute Gasteiger partial charge is 0.369 e. The molecule has 0 aliphatic carbocycles. The Bertz CT molecular complexity index is 484. The molecule has 0 saturated heterocycles. The lowest BCUT2D eigenvalue weighted by Crippen LogP contribution is -2.31. The molecule has 0 bridgehead atoms. The van der Waals surface area contributed by atoms with E-state index in [9.17, 15) is 4.89 Å². The van der Waals surface area contributed by atoms with Gasteiger partial charge in [0.25, 0.3) is 0 Å². The Balaban J connectivity index is 3.70. The third-order valence-corrected chi connectivity index (χ3v) is 5.91. The van der Waals surface area contributed by atoms with Crippen LogP contribution >= 0.6 is 28.7 Å². The van der Waals surface area contributed by atoms with E-state index in [1.807, 2.05) is 0 Å². The van der Waals surface area contributed by atoms with Gasteiger partial charge in [-0.25, -0.2) is 4.89 Å². The minimum atomic E-state index is -3.14. The summed E-state index contributed by atoms with van der Waals surface area (Å²) in [5, 5.41) is 0.760. The number of rotatable bonds is 4. The summed E-state index contributed by atoms with van der Waals surface area (Å²) in [6, 6.07) is 4.38. The van der Waals surface area contributed by atoms with Crippen molar-refractivity contribution in [3.63, 3.8) is 0 Å². The van der Waals surface area contributed by atoms with Crippen molar-refractivity contribution in [2.24, 2.45) is 0 Å². The molecule has 0 fully saturated rings. The van der Waals surface area contributed by atoms with Crippen molar-refractivity contribution in [2.75, 3.05) is 0 Å². The van der Waals surface area contributed by atoms with Gasteiger partial charge in [-0.15, -0.1) is 0 Å². The fraction of sp³-hybridized carbons (Fsp3) is 0.667. The molecule has 0 spiro atoms. The Labute approximate surface area is 146 Å². The van der Waals surface area contributed by atoms with E-state index in [4.69, 9.17) is 22.5 Å². The molecule has 0 unspecified atom stereocenters. The number of aryl methyl sites for hydroxylation is 1. The Morgan fingerprint density at radius 3 is 1.64 bits per heavy atom. The maximum Gasteiger partial charge on any atom is 0.369 e. The average Bonchev–Trinajstić information content (AvgIpc) is 2.31. The zero-order valence-corrected chi connectivity index (χ0v) is 17.3. The summed E-state index contributed by atoms with van der Waals surface area (Å²) in [7, 11) is 0. The Kier molecular flexibility index (Phi) is 6.42. The van der Waals surface area contributed by atoms with Gasteiger partial charge >= 0.3 is 6.19 Å². The average molecular weight is 364 g/mol. The van der Waals surface area contributed by atoms with Crippen molar-refractivity contribution in [2.45, 2.75) is 78.6 Å². The summed E-state index contributed by atoms with van der Waals surface area (Å²) in [6.45, 7) is 15.1. The van der Waals surface area contributed by atoms with Gasteiger partial charge in [-0.1, -0.05) is 67.0 Å². The molecule has 1 aromatic carbocycles. The van der Waals surface area contributed by atoms with Crippen LogP contribution in [0.3, 0.4) is 0 Å². The molecule has 0 aliphatic heterocycles. The summed E-state index contributed by atoms with van der Waals surface area (Å²) in [5.74, 6) is 0. The van der Waals surface area contributed by atoms with Crippen LogP contribution in [0.1, 0.15) is 78.0 Å². The van der Waals surface area contributed by atoms with Crippen molar-refractivity contribution >= 4 is 34.0 Å². The molecule has 1 N–H and O–H groups in total. The van der Waals surface area contributed by atoms with Crippen molar-refractivity contribution in [1.29, 1.82) is 0 Å². The molecule has 0 amide bonds. The standard InChI is InChI=1S/C18H30Cl2OP/c1-8-9-10-13-11-14(17(2,3)4)16(22(19,20)21)15(12-13)18(5,6)7/h11-12,21H,8-10H2,1-7H3/q+1. The van der Waals surface area contributed by atoms with Crippen LogP contribution in [0.15, 0.2) is 12.1 Å². The molecule has 4 heteroatoms. The van der Waals surface area contributed by atoms with Gasteiger partial charge in [0.15, 0.2) is 5.30 Å². The normalized spacial score (nSPS) is 13.5. The molecule has 0 saturated carbocycles. The Morgan fingerprint density at radius 2 is 1.36 bits per heavy atom. The molecule has 22 heavy (non-hydrogen) atoms. The molecule has 1 rings (SSSR count). The highest BCUT2D eigenvalue weighted by Crippen LogP contribution is 2.66. The van der Waals surface area contributed by atoms with E-state index in [-0.39, 0.29) is 10.8 Å². The molecule has 0 radical (unpaired) electrons. The van der Waals surface area contributed by atoms with E-state index in [1.165, 1.54) is 12.0 Å². The van der Waals surface area contributed by atoms with Crippen LogP contribution in [0.5, 0.6) is 0 Å². The molecule has 0 aliphatic rings. The first kappa shape index (κ1) is 20.2. The monoisotopic (exact) mass is 363 g/mol. The topological polar surface area (TPSA) is 20.2 Å². The van der Waals surface area contributed by atoms with E-state index >= 15 is 0 Å². The third kappa shape index (κ3) is 5.10. The maximum absolute atomic E-state index is 10.5. The summed E-state index contributed by atoms with van der Waals surface area (Å²) in [5.41, 5.74) is 3.23. The van der Waals surface area contributed by atoms with Gasteiger partial charge in [0.2, 0.25) is 0 Å². The summed E-state index contributed by atoms with van der Waals surface area (Å²) < 4.78 is 0. The Morgan fingerprint density at radius 1 is 0.955 bits per heavy atom. The molecule has 1 aromatic rings. The van der Waals surface area contributed by atoms with E-state index in [2.05, 4.69) is 60.6 Å². The van der Waals surface area contributed by atoms with E-state index in [0.717, 1.165) is 29.3 Å². The van der Waals surface area contributed by atoms with Gasteiger partial charge in [0.05, 0.1) is 0 Å². The second-order valence-corrected chi connectivity index (χ2v) is 13.0. The van der Waals surface area contributed by atoms with E-state index in [1.54, 1.807) is 0 Å². The highest BCUT2D eigenvalue weighted by molar-refractivity contribution is 8.18. The molecular formula is C18H30Cl2OP+. The Hall–Kier alpha value is 0.190. The predicted molar refractivity (Wildman–Crippen MR) is 103 cm³/mol. The minimum absolute atomic E-state index is 0.116. The van der Waals surface area contributed by atoms with Crippen LogP contribution in [0.2, 0.25) is 0 Å². The molecule has 0 aromatic heterocycles. The SMILES string of the molecule is CCCCc1cc(C(C)(C)C)c([P+](O)(Cl)Cl)c(C(C)(C)C)c1. The molecule has 0 atom stereocenters. The van der Waals surface area contributed by atoms with Crippen LogP contribution in [0, 0.1) is 0 Å². The number of unbranched alkanes of at least 4 members (excludes halogenated alkanes) is 1. The second kappa shape index (κ2) is 6.98. The third-order valence-electron chi connectivity index (χ3n) is 3.87. The molecule has 126 valence electrons. The van der Waals surface area contributed by atoms with Gasteiger partial charge < -0.3 is 0 Å². The first-order chi connectivity index (χ1) is 9.78. The van der Waals surface area contributed by atoms with Crippen LogP contribution < -0.4 is 5.30 Å². The number of benzene rings is 1. The van der Waals surface area contributed by atoms with Crippen molar-refractivity contribution in [3.05, 3.63) is 28.8 Å². The minimum Gasteiger partial charge on any atom is -0.210 e. The van der Waals surface area contributed by atoms with Gasteiger partial charge in [0.1, 0.15) is 22.5 Å². The quantitative estimate of drug-likeness (QED) is 0.606. The van der Waals surface area contributed by atoms with E-state index in [0.29, 0.717) is 0 Å². The van der Waals surface area contributed by atoms with E-state index < -0.39 is 6.19 Å². The lowest BCUT2D eigenvalue weighted by atomic mass is 9.79. The number of hydrogen-bond donors (Lipinski definition) is 1. The summed E-state index contributed by atoms with van der Waals surface area (Å²) >= 11 is 12.5. The zero-order valence-electron chi connectivity index (χ0n) is 14.9. The van der Waals surface area contributed by atoms with Gasteiger partial charge in [-0.3, -0.25) is 0 Å². The van der Waals surface area contributed by atoms with Crippen LogP contribution in [0.4, 0.5) is 0 Å². The highest BCUT2D eigenvalue weighted by Gasteiger charge is 2.45. The van der Waals surface area contributed by atoms with Gasteiger partial charge in [-0.2, -0.15) is 0 Å². The zero-order chi connectivity index (χ0) is 17.3. The maximum atomic E-state index is 10.5. The predicted octanol–water partition coefficient (Wildman–Crippen LogP) is 6.48. The lowest BCUT2D eigenvalue weighted by Gasteiger charge is -2.29. The number of hydrogen-bond acceptors (Lipinski definition) is 1. The second-order valence-electron chi connectivity index (χ2n) is 8.13.